The Hall–Kier alpha value is -0.930. The molecule has 2 fully saturated rings. The van der Waals surface area contributed by atoms with Crippen LogP contribution in [0.5, 0.6) is 0 Å². The molecule has 1 heterocycles. The highest BCUT2D eigenvalue weighted by atomic mass is 19.1. The van der Waals surface area contributed by atoms with Crippen molar-refractivity contribution in [3.05, 3.63) is 35.6 Å². The number of nitrogens with one attached hydrogen (secondary N) is 1. The Kier molecular flexibility index (Phi) is 3.35. The standard InChI is InChI=1S/C15H20FNO/c1-10-15(12-6-2-3-7-13(12)16)18-9-11-5-4-8-14(11)17-10/h2-3,6-7,10-11,14-15,17H,4-5,8-9H2,1H3. The zero-order valence-corrected chi connectivity index (χ0v) is 10.7. The Labute approximate surface area is 108 Å². The first-order valence-electron chi connectivity index (χ1n) is 6.88. The molecule has 3 rings (SSSR count). The summed E-state index contributed by atoms with van der Waals surface area (Å²) in [7, 11) is 0. The van der Waals surface area contributed by atoms with Crippen molar-refractivity contribution in [1.82, 2.24) is 5.32 Å². The van der Waals surface area contributed by atoms with Crippen LogP contribution in [0, 0.1) is 11.7 Å². The van der Waals surface area contributed by atoms with Gasteiger partial charge in [0, 0.05) is 17.6 Å². The van der Waals surface area contributed by atoms with Gasteiger partial charge in [-0.3, -0.25) is 0 Å². The van der Waals surface area contributed by atoms with Crippen LogP contribution < -0.4 is 5.32 Å². The molecule has 0 spiro atoms. The van der Waals surface area contributed by atoms with Crippen molar-refractivity contribution in [3.8, 4) is 0 Å². The van der Waals surface area contributed by atoms with E-state index in [0.29, 0.717) is 17.5 Å². The first-order valence-corrected chi connectivity index (χ1v) is 6.88. The lowest BCUT2D eigenvalue weighted by Gasteiger charge is -2.24. The molecule has 0 radical (unpaired) electrons. The maximum Gasteiger partial charge on any atom is 0.129 e. The van der Waals surface area contributed by atoms with Crippen molar-refractivity contribution in [2.45, 2.75) is 44.4 Å². The molecule has 1 saturated carbocycles. The van der Waals surface area contributed by atoms with E-state index < -0.39 is 0 Å². The van der Waals surface area contributed by atoms with Crippen molar-refractivity contribution in [3.63, 3.8) is 0 Å². The molecule has 0 aromatic heterocycles. The number of hydrogen-bond acceptors (Lipinski definition) is 2. The van der Waals surface area contributed by atoms with Gasteiger partial charge in [-0.1, -0.05) is 24.6 Å². The quantitative estimate of drug-likeness (QED) is 0.826. The van der Waals surface area contributed by atoms with Crippen LogP contribution in [0.2, 0.25) is 0 Å². The molecule has 98 valence electrons. The van der Waals surface area contributed by atoms with E-state index in [9.17, 15) is 4.39 Å². The van der Waals surface area contributed by atoms with Gasteiger partial charge in [-0.25, -0.2) is 4.39 Å². The number of ether oxygens (including phenoxy) is 1. The minimum atomic E-state index is -0.170. The summed E-state index contributed by atoms with van der Waals surface area (Å²) in [4.78, 5) is 0. The summed E-state index contributed by atoms with van der Waals surface area (Å²) in [5.41, 5.74) is 0.678. The third kappa shape index (κ3) is 2.17. The van der Waals surface area contributed by atoms with Crippen LogP contribution in [0.4, 0.5) is 4.39 Å². The minimum absolute atomic E-state index is 0.162. The third-order valence-electron chi connectivity index (χ3n) is 4.29. The molecule has 0 amide bonds. The Morgan fingerprint density at radius 2 is 2.11 bits per heavy atom. The molecule has 4 unspecified atom stereocenters. The Bertz CT molecular complexity index is 423. The first kappa shape index (κ1) is 12.1. The first-order chi connectivity index (χ1) is 8.75. The van der Waals surface area contributed by atoms with E-state index in [4.69, 9.17) is 4.74 Å². The Balaban J connectivity index is 1.83. The van der Waals surface area contributed by atoms with E-state index in [1.807, 2.05) is 12.1 Å². The zero-order valence-electron chi connectivity index (χ0n) is 10.7. The van der Waals surface area contributed by atoms with E-state index in [-0.39, 0.29) is 18.0 Å². The van der Waals surface area contributed by atoms with Gasteiger partial charge in [0.2, 0.25) is 0 Å². The van der Waals surface area contributed by atoms with E-state index >= 15 is 0 Å². The lowest BCUT2D eigenvalue weighted by Crippen LogP contribution is -2.39. The van der Waals surface area contributed by atoms with Gasteiger partial charge < -0.3 is 10.1 Å². The molecule has 1 aromatic carbocycles. The van der Waals surface area contributed by atoms with Crippen LogP contribution in [0.15, 0.2) is 24.3 Å². The summed E-state index contributed by atoms with van der Waals surface area (Å²) in [6, 6.07) is 7.66. The molecule has 1 saturated heterocycles. The van der Waals surface area contributed by atoms with Gasteiger partial charge in [-0.2, -0.15) is 0 Å². The van der Waals surface area contributed by atoms with Crippen LogP contribution in [-0.4, -0.2) is 18.7 Å². The van der Waals surface area contributed by atoms with Crippen molar-refractivity contribution in [2.75, 3.05) is 6.61 Å². The van der Waals surface area contributed by atoms with Crippen LogP contribution >= 0.6 is 0 Å². The maximum absolute atomic E-state index is 13.9. The van der Waals surface area contributed by atoms with E-state index in [1.165, 1.54) is 25.3 Å². The second-order valence-corrected chi connectivity index (χ2v) is 5.53. The highest BCUT2D eigenvalue weighted by Crippen LogP contribution is 2.34. The minimum Gasteiger partial charge on any atom is -0.371 e. The van der Waals surface area contributed by atoms with Gasteiger partial charge >= 0.3 is 0 Å². The zero-order chi connectivity index (χ0) is 12.5. The van der Waals surface area contributed by atoms with Crippen molar-refractivity contribution in [1.29, 1.82) is 0 Å². The van der Waals surface area contributed by atoms with Crippen LogP contribution in [-0.2, 0) is 4.74 Å². The molecule has 1 aliphatic carbocycles. The summed E-state index contributed by atoms with van der Waals surface area (Å²) in [5.74, 6) is 0.437. The molecule has 4 atom stereocenters. The third-order valence-corrected chi connectivity index (χ3v) is 4.29. The summed E-state index contributed by atoms with van der Waals surface area (Å²) < 4.78 is 19.9. The van der Waals surface area contributed by atoms with Gasteiger partial charge in [0.15, 0.2) is 0 Å². The monoisotopic (exact) mass is 249 g/mol. The molecule has 2 aliphatic rings. The predicted molar refractivity (Wildman–Crippen MR) is 68.8 cm³/mol. The second kappa shape index (κ2) is 4.98. The van der Waals surface area contributed by atoms with Gasteiger partial charge in [0.1, 0.15) is 11.9 Å². The van der Waals surface area contributed by atoms with Gasteiger partial charge in [-0.05, 0) is 31.7 Å². The number of hydrogen-bond donors (Lipinski definition) is 1. The second-order valence-electron chi connectivity index (χ2n) is 5.53. The lowest BCUT2D eigenvalue weighted by atomic mass is 10.0. The summed E-state index contributed by atoms with van der Waals surface area (Å²) >= 11 is 0. The summed E-state index contributed by atoms with van der Waals surface area (Å²) in [6.07, 6.45) is 3.57. The van der Waals surface area contributed by atoms with Crippen LogP contribution in [0.25, 0.3) is 0 Å². The highest BCUT2D eigenvalue weighted by molar-refractivity contribution is 5.21. The molecule has 1 N–H and O–H groups in total. The molecule has 18 heavy (non-hydrogen) atoms. The molecule has 0 bridgehead atoms. The Morgan fingerprint density at radius 1 is 1.28 bits per heavy atom. The van der Waals surface area contributed by atoms with Gasteiger partial charge in [-0.15, -0.1) is 0 Å². The smallest absolute Gasteiger partial charge is 0.129 e. The fraction of sp³-hybridized carbons (Fsp3) is 0.600. The van der Waals surface area contributed by atoms with E-state index in [2.05, 4.69) is 12.2 Å². The molecular weight excluding hydrogens is 229 g/mol. The Morgan fingerprint density at radius 3 is 2.94 bits per heavy atom. The predicted octanol–water partition coefficient (Wildman–Crippen LogP) is 3.04. The SMILES string of the molecule is CC1NC2CCCC2COC1c1ccccc1F. The van der Waals surface area contributed by atoms with E-state index in [0.717, 1.165) is 6.61 Å². The van der Waals surface area contributed by atoms with Gasteiger partial charge in [0.05, 0.1) is 6.61 Å². The number of fused-ring (bicyclic) bond motifs is 1. The largest absolute Gasteiger partial charge is 0.371 e. The molecular formula is C15H20FNO. The van der Waals surface area contributed by atoms with Crippen molar-refractivity contribution in [2.24, 2.45) is 5.92 Å². The van der Waals surface area contributed by atoms with Crippen molar-refractivity contribution < 1.29 is 9.13 Å². The maximum atomic E-state index is 13.9. The number of halogens is 1. The number of benzene rings is 1. The molecule has 1 aliphatic heterocycles. The summed E-state index contributed by atoms with van der Waals surface area (Å²) in [5, 5.41) is 3.62. The van der Waals surface area contributed by atoms with Gasteiger partial charge in [0.25, 0.3) is 0 Å². The normalized spacial score (nSPS) is 36.1. The number of rotatable bonds is 1. The fourth-order valence-electron chi connectivity index (χ4n) is 3.32. The van der Waals surface area contributed by atoms with Crippen LogP contribution in [0.1, 0.15) is 37.9 Å². The fourth-order valence-corrected chi connectivity index (χ4v) is 3.32. The van der Waals surface area contributed by atoms with Crippen LogP contribution in [0.3, 0.4) is 0 Å². The summed E-state index contributed by atoms with van der Waals surface area (Å²) in [6.45, 7) is 2.85. The lowest BCUT2D eigenvalue weighted by molar-refractivity contribution is 0.0285. The topological polar surface area (TPSA) is 21.3 Å². The molecule has 3 heteroatoms. The highest BCUT2D eigenvalue weighted by Gasteiger charge is 2.35. The average Bonchev–Trinajstić information content (AvgIpc) is 2.73. The average molecular weight is 249 g/mol. The molecule has 1 aromatic rings. The van der Waals surface area contributed by atoms with Crippen molar-refractivity contribution >= 4 is 0 Å². The van der Waals surface area contributed by atoms with E-state index in [1.54, 1.807) is 6.07 Å². The molecule has 2 nitrogen and oxygen atoms in total.